The predicted octanol–water partition coefficient (Wildman–Crippen LogP) is 5.21. The fraction of sp³-hybridized carbons (Fsp3) is 0.519. The molecule has 2 aromatic rings. The van der Waals surface area contributed by atoms with Crippen LogP contribution in [0.2, 0.25) is 0 Å². The van der Waals surface area contributed by atoms with Crippen LogP contribution in [0.1, 0.15) is 49.3 Å². The van der Waals surface area contributed by atoms with Crippen LogP contribution in [0.4, 0.5) is 0 Å². The van der Waals surface area contributed by atoms with Crippen LogP contribution in [0.25, 0.3) is 0 Å². The van der Waals surface area contributed by atoms with Crippen LogP contribution in [0, 0.1) is 11.8 Å². The molecule has 0 radical (unpaired) electrons. The summed E-state index contributed by atoms with van der Waals surface area (Å²) >= 11 is 3.49. The molecule has 1 N–H and O–H groups in total. The van der Waals surface area contributed by atoms with E-state index in [9.17, 15) is 4.79 Å². The molecule has 0 saturated carbocycles. The van der Waals surface area contributed by atoms with Crippen LogP contribution in [0.3, 0.4) is 0 Å². The third kappa shape index (κ3) is 6.90. The van der Waals surface area contributed by atoms with E-state index in [1.165, 1.54) is 42.6 Å². The fourth-order valence-corrected chi connectivity index (χ4v) is 5.04. The van der Waals surface area contributed by atoms with Gasteiger partial charge in [-0.15, -0.1) is 0 Å². The zero-order valence-electron chi connectivity index (χ0n) is 19.2. The number of nitrogens with zero attached hydrogens (tertiary/aromatic N) is 2. The summed E-state index contributed by atoms with van der Waals surface area (Å²) < 4.78 is 1.11. The molecule has 1 amide bonds. The zero-order valence-corrected chi connectivity index (χ0v) is 20.8. The quantitative estimate of drug-likeness (QED) is 0.570. The lowest BCUT2D eigenvalue weighted by molar-refractivity contribution is -0.126. The van der Waals surface area contributed by atoms with Gasteiger partial charge < -0.3 is 5.32 Å². The number of halogens is 1. The highest BCUT2D eigenvalue weighted by Crippen LogP contribution is 2.21. The highest BCUT2D eigenvalue weighted by Gasteiger charge is 2.24. The van der Waals surface area contributed by atoms with E-state index in [2.05, 4.69) is 86.5 Å². The van der Waals surface area contributed by atoms with Gasteiger partial charge in [0.1, 0.15) is 0 Å². The summed E-state index contributed by atoms with van der Waals surface area (Å²) in [4.78, 5) is 17.7. The van der Waals surface area contributed by atoms with Gasteiger partial charge in [0.25, 0.3) is 0 Å². The monoisotopic (exact) mass is 497 g/mol. The van der Waals surface area contributed by atoms with Gasteiger partial charge in [0.05, 0.1) is 0 Å². The second-order valence-corrected chi connectivity index (χ2v) is 10.6. The average molecular weight is 499 g/mol. The number of amides is 1. The normalized spacial score (nSPS) is 19.2. The first kappa shape index (κ1) is 23.5. The maximum Gasteiger partial charge on any atom is 0.223 e. The van der Waals surface area contributed by atoms with Crippen molar-refractivity contribution in [1.29, 1.82) is 0 Å². The van der Waals surface area contributed by atoms with Gasteiger partial charge in [-0.2, -0.15) is 0 Å². The fourth-order valence-electron chi connectivity index (χ4n) is 4.78. The van der Waals surface area contributed by atoms with E-state index in [4.69, 9.17) is 0 Å². The molecule has 32 heavy (non-hydrogen) atoms. The molecular weight excluding hydrogens is 462 g/mol. The molecule has 2 aliphatic heterocycles. The number of piperidine rings is 2. The summed E-state index contributed by atoms with van der Waals surface area (Å²) in [5, 5.41) is 3.17. The van der Waals surface area contributed by atoms with Crippen LogP contribution in [0.5, 0.6) is 0 Å². The highest BCUT2D eigenvalue weighted by molar-refractivity contribution is 9.10. The van der Waals surface area contributed by atoms with Crippen molar-refractivity contribution in [2.75, 3.05) is 26.2 Å². The number of carbonyl (C=O) groups is 1. The third-order valence-corrected chi connectivity index (χ3v) is 7.58. The zero-order chi connectivity index (χ0) is 22.3. The van der Waals surface area contributed by atoms with E-state index in [0.717, 1.165) is 49.4 Å². The predicted molar refractivity (Wildman–Crippen MR) is 134 cm³/mol. The number of nitrogens with one attached hydrogen (secondary N) is 1. The van der Waals surface area contributed by atoms with Crippen molar-refractivity contribution in [2.45, 2.75) is 52.2 Å². The smallest absolute Gasteiger partial charge is 0.223 e. The van der Waals surface area contributed by atoms with Crippen LogP contribution in [-0.4, -0.2) is 41.9 Å². The van der Waals surface area contributed by atoms with Gasteiger partial charge in [0.15, 0.2) is 0 Å². The molecule has 172 valence electrons. The first-order valence-electron chi connectivity index (χ1n) is 12.1. The Bertz CT molecular complexity index is 851. The molecule has 0 aliphatic carbocycles. The Hall–Kier alpha value is -1.69. The molecule has 2 heterocycles. The van der Waals surface area contributed by atoms with Crippen LogP contribution >= 0.6 is 15.9 Å². The van der Waals surface area contributed by atoms with E-state index in [-0.39, 0.29) is 11.8 Å². The van der Waals surface area contributed by atoms with Gasteiger partial charge >= 0.3 is 0 Å². The molecule has 5 heteroatoms. The molecular formula is C27H36BrN3O. The molecule has 0 atom stereocenters. The molecule has 0 unspecified atom stereocenters. The molecule has 2 saturated heterocycles. The molecule has 0 spiro atoms. The average Bonchev–Trinajstić information content (AvgIpc) is 2.82. The largest absolute Gasteiger partial charge is 0.352 e. The third-order valence-electron chi connectivity index (χ3n) is 7.05. The first-order chi connectivity index (χ1) is 15.5. The summed E-state index contributed by atoms with van der Waals surface area (Å²) in [7, 11) is 0. The van der Waals surface area contributed by atoms with Gasteiger partial charge in [0.2, 0.25) is 5.91 Å². The number of carbonyl (C=O) groups excluding carboxylic acids is 1. The van der Waals surface area contributed by atoms with E-state index in [1.807, 2.05) is 0 Å². The van der Waals surface area contributed by atoms with Crippen molar-refractivity contribution in [3.05, 3.63) is 69.7 Å². The van der Waals surface area contributed by atoms with Gasteiger partial charge in [-0.05, 0) is 86.6 Å². The Kier molecular flexibility index (Phi) is 8.39. The van der Waals surface area contributed by atoms with Crippen molar-refractivity contribution < 1.29 is 4.79 Å². The lowest BCUT2D eigenvalue weighted by atomic mass is 9.95. The topological polar surface area (TPSA) is 35.6 Å². The van der Waals surface area contributed by atoms with Crippen molar-refractivity contribution in [2.24, 2.45) is 11.8 Å². The van der Waals surface area contributed by atoms with Gasteiger partial charge in [-0.3, -0.25) is 14.6 Å². The molecule has 2 fully saturated rings. The van der Waals surface area contributed by atoms with Gasteiger partial charge in [0, 0.05) is 30.0 Å². The Labute approximate surface area is 201 Å². The van der Waals surface area contributed by atoms with Crippen molar-refractivity contribution in [3.63, 3.8) is 0 Å². The molecule has 0 bridgehead atoms. The lowest BCUT2D eigenvalue weighted by Gasteiger charge is -2.31. The van der Waals surface area contributed by atoms with E-state index in [1.54, 1.807) is 0 Å². The van der Waals surface area contributed by atoms with Crippen molar-refractivity contribution >= 4 is 21.8 Å². The van der Waals surface area contributed by atoms with Crippen LogP contribution in [-0.2, 0) is 24.4 Å². The Balaban J connectivity index is 1.17. The Morgan fingerprint density at radius 2 is 1.28 bits per heavy atom. The maximum atomic E-state index is 12.7. The second-order valence-electron chi connectivity index (χ2n) is 9.67. The summed E-state index contributed by atoms with van der Waals surface area (Å²) in [6, 6.07) is 17.3. The van der Waals surface area contributed by atoms with Gasteiger partial charge in [-0.1, -0.05) is 59.3 Å². The van der Waals surface area contributed by atoms with Crippen LogP contribution in [0.15, 0.2) is 53.0 Å². The highest BCUT2D eigenvalue weighted by atomic mass is 79.9. The summed E-state index contributed by atoms with van der Waals surface area (Å²) in [5.41, 5.74) is 3.88. The summed E-state index contributed by atoms with van der Waals surface area (Å²) in [6.45, 7) is 9.37. The molecule has 4 nitrogen and oxygen atoms in total. The minimum absolute atomic E-state index is 0.136. The van der Waals surface area contributed by atoms with Crippen molar-refractivity contribution in [3.8, 4) is 0 Å². The molecule has 4 rings (SSSR count). The number of rotatable bonds is 7. The van der Waals surface area contributed by atoms with E-state index in [0.29, 0.717) is 6.54 Å². The minimum Gasteiger partial charge on any atom is -0.352 e. The van der Waals surface area contributed by atoms with Crippen molar-refractivity contribution in [1.82, 2.24) is 15.1 Å². The van der Waals surface area contributed by atoms with Gasteiger partial charge in [-0.25, -0.2) is 0 Å². The minimum atomic E-state index is 0.136. The maximum absolute atomic E-state index is 12.7. The van der Waals surface area contributed by atoms with E-state index >= 15 is 0 Å². The molecule has 2 aromatic carbocycles. The number of hydrogen-bond acceptors (Lipinski definition) is 3. The Morgan fingerprint density at radius 1 is 0.812 bits per heavy atom. The second kappa shape index (κ2) is 11.4. The summed E-state index contributed by atoms with van der Waals surface area (Å²) in [5.74, 6) is 1.22. The Morgan fingerprint density at radius 3 is 1.84 bits per heavy atom. The van der Waals surface area contributed by atoms with E-state index < -0.39 is 0 Å². The number of hydrogen-bond donors (Lipinski definition) is 1. The lowest BCUT2D eigenvalue weighted by Crippen LogP contribution is -2.40. The number of likely N-dealkylation sites (tertiary alicyclic amines) is 2. The number of benzene rings is 2. The first-order valence-corrected chi connectivity index (χ1v) is 12.9. The SMILES string of the molecule is CC1CCN(Cc2ccc(CNC(=O)C3CCN(Cc4ccc(Br)cc4)CC3)cc2)CC1. The standard InChI is InChI=1S/C27H36BrN3O/c1-21-10-14-30(15-11-21)19-23-4-2-22(3-5-23)18-29-27(32)25-12-16-31(17-13-25)20-24-6-8-26(28)9-7-24/h2-9,21,25H,10-20H2,1H3,(H,29,32). The van der Waals surface area contributed by atoms with Crippen LogP contribution < -0.4 is 5.32 Å². The summed E-state index contributed by atoms with van der Waals surface area (Å²) in [6.07, 6.45) is 4.51. The molecule has 0 aromatic heterocycles. The molecule has 2 aliphatic rings.